The highest BCUT2D eigenvalue weighted by Gasteiger charge is 2.27. The van der Waals surface area contributed by atoms with Gasteiger partial charge in [0.25, 0.3) is 0 Å². The zero-order valence-electron chi connectivity index (χ0n) is 26.7. The van der Waals surface area contributed by atoms with Gasteiger partial charge in [-0.15, -0.1) is 0 Å². The molecule has 7 rings (SSSR count). The summed E-state index contributed by atoms with van der Waals surface area (Å²) in [6, 6.07) is 18.3. The van der Waals surface area contributed by atoms with Crippen molar-refractivity contribution in [3.8, 4) is 22.6 Å². The fourth-order valence-corrected chi connectivity index (χ4v) is 6.21. The largest absolute Gasteiger partial charge is 0.457 e. The molecule has 6 nitrogen and oxygen atoms in total. The Balaban J connectivity index is 1.25. The van der Waals surface area contributed by atoms with E-state index in [-0.39, 0.29) is 5.56 Å². The maximum atomic E-state index is 14.1. The van der Waals surface area contributed by atoms with E-state index in [1.54, 1.807) is 6.07 Å². The molecule has 1 aromatic heterocycles. The molecule has 2 heterocycles. The summed E-state index contributed by atoms with van der Waals surface area (Å²) in [6.45, 7) is 5.12. The zero-order chi connectivity index (χ0) is 34.4. The standard InChI is InChI=1S/C38H30F5N3O3/c1-3-5-14-46(15-6-4-2)21-11-12-22-24-18-28-37(23-8-7-9-29(31(23)24)49-30(22)17-21)45-26-13-10-20(16-27(26)44-28)38(47)48-19-25-32(39)34(41)36(43)35(42)33(25)40/h7-13,16-18H,3-6,14-15,19H2,1-2H3. The summed E-state index contributed by atoms with van der Waals surface area (Å²) in [5.74, 6) is -10.2. The van der Waals surface area contributed by atoms with E-state index < -0.39 is 47.2 Å². The van der Waals surface area contributed by atoms with Crippen molar-refractivity contribution < 1.29 is 36.2 Å². The van der Waals surface area contributed by atoms with Gasteiger partial charge in [-0.3, -0.25) is 0 Å². The highest BCUT2D eigenvalue weighted by Crippen LogP contribution is 2.49. The van der Waals surface area contributed by atoms with E-state index in [1.165, 1.54) is 12.1 Å². The quantitative estimate of drug-likeness (QED) is 0.0360. The first kappa shape index (κ1) is 32.2. The molecule has 5 aromatic carbocycles. The first-order valence-electron chi connectivity index (χ1n) is 16.1. The summed E-state index contributed by atoms with van der Waals surface area (Å²) in [5.41, 5.74) is 3.63. The number of halogens is 5. The highest BCUT2D eigenvalue weighted by molar-refractivity contribution is 6.16. The van der Waals surface area contributed by atoms with E-state index in [2.05, 4.69) is 36.9 Å². The number of ether oxygens (including phenoxy) is 2. The minimum Gasteiger partial charge on any atom is -0.457 e. The number of nitrogens with zero attached hydrogens (tertiary/aromatic N) is 3. The average molecular weight is 672 g/mol. The van der Waals surface area contributed by atoms with Crippen LogP contribution in [0.2, 0.25) is 0 Å². The van der Waals surface area contributed by atoms with Crippen molar-refractivity contribution in [3.63, 3.8) is 0 Å². The fraction of sp³-hybridized carbons (Fsp3) is 0.237. The average Bonchev–Trinajstić information content (AvgIpc) is 3.12. The summed E-state index contributed by atoms with van der Waals surface area (Å²) in [5, 5.41) is 1.75. The van der Waals surface area contributed by atoms with Gasteiger partial charge in [0.2, 0.25) is 5.82 Å². The molecule has 250 valence electrons. The van der Waals surface area contributed by atoms with Crippen LogP contribution in [0.4, 0.5) is 27.6 Å². The second kappa shape index (κ2) is 12.9. The molecule has 0 atom stereocenters. The number of hydrogen-bond acceptors (Lipinski definition) is 6. The van der Waals surface area contributed by atoms with Crippen molar-refractivity contribution in [1.29, 1.82) is 0 Å². The third-order valence-corrected chi connectivity index (χ3v) is 8.81. The van der Waals surface area contributed by atoms with Crippen LogP contribution in [0.1, 0.15) is 55.5 Å². The lowest BCUT2D eigenvalue weighted by atomic mass is 9.93. The van der Waals surface area contributed by atoms with Gasteiger partial charge in [-0.05, 0) is 60.9 Å². The third kappa shape index (κ3) is 5.66. The molecule has 11 heteroatoms. The number of aromatic nitrogens is 2. The molecule has 0 radical (unpaired) electrons. The maximum absolute atomic E-state index is 14.1. The van der Waals surface area contributed by atoms with Gasteiger partial charge in [-0.2, -0.15) is 0 Å². The lowest BCUT2D eigenvalue weighted by Crippen LogP contribution is -2.25. The second-order valence-electron chi connectivity index (χ2n) is 12.0. The Hall–Kier alpha value is -5.32. The number of anilines is 1. The van der Waals surface area contributed by atoms with Crippen molar-refractivity contribution in [3.05, 3.63) is 101 Å². The summed E-state index contributed by atoms with van der Waals surface area (Å²) < 4.78 is 80.3. The lowest BCUT2D eigenvalue weighted by molar-refractivity contribution is 0.0462. The van der Waals surface area contributed by atoms with Gasteiger partial charge in [0.15, 0.2) is 23.3 Å². The highest BCUT2D eigenvalue weighted by atomic mass is 19.2. The van der Waals surface area contributed by atoms with E-state index in [4.69, 9.17) is 19.4 Å². The van der Waals surface area contributed by atoms with Crippen molar-refractivity contribution in [2.75, 3.05) is 18.0 Å². The van der Waals surface area contributed by atoms with Gasteiger partial charge in [-0.1, -0.05) is 38.8 Å². The number of unbranched alkanes of at least 4 members (excludes halogenated alkanes) is 2. The molecule has 0 saturated carbocycles. The summed E-state index contributed by atoms with van der Waals surface area (Å²) in [4.78, 5) is 24.9. The van der Waals surface area contributed by atoms with Gasteiger partial charge in [0.1, 0.15) is 18.1 Å². The number of benzene rings is 5. The first-order chi connectivity index (χ1) is 23.7. The minimum absolute atomic E-state index is 0.0450. The van der Waals surface area contributed by atoms with E-state index >= 15 is 0 Å². The van der Waals surface area contributed by atoms with Crippen molar-refractivity contribution in [2.45, 2.75) is 46.1 Å². The smallest absolute Gasteiger partial charge is 0.338 e. The molecule has 0 fully saturated rings. The first-order valence-corrected chi connectivity index (χ1v) is 16.1. The van der Waals surface area contributed by atoms with Crippen molar-refractivity contribution in [2.24, 2.45) is 0 Å². The van der Waals surface area contributed by atoms with Crippen LogP contribution in [0.5, 0.6) is 11.5 Å². The molecule has 49 heavy (non-hydrogen) atoms. The predicted octanol–water partition coefficient (Wildman–Crippen LogP) is 10.2. The van der Waals surface area contributed by atoms with Crippen LogP contribution in [0.3, 0.4) is 0 Å². The molecular formula is C38H30F5N3O3. The Kier molecular flexibility index (Phi) is 8.52. The number of fused-ring (bicyclic) bond motifs is 5. The summed E-state index contributed by atoms with van der Waals surface area (Å²) >= 11 is 0. The molecule has 0 aliphatic carbocycles. The number of carbonyl (C=O) groups is 1. The Morgan fingerprint density at radius 3 is 2.16 bits per heavy atom. The molecule has 0 N–H and O–H groups in total. The van der Waals surface area contributed by atoms with Crippen LogP contribution < -0.4 is 9.64 Å². The van der Waals surface area contributed by atoms with Gasteiger partial charge in [0, 0.05) is 41.2 Å². The molecule has 0 saturated heterocycles. The fourth-order valence-electron chi connectivity index (χ4n) is 6.21. The SMILES string of the molecule is CCCCN(CCCC)c1ccc2c(c1)Oc1cccc3c1c-2cc1nc2cc(C(=O)OCc4c(F)c(F)c(F)c(F)c4F)ccc2nc13. The van der Waals surface area contributed by atoms with Crippen LogP contribution in [-0.2, 0) is 11.3 Å². The number of carbonyl (C=O) groups excluding carboxylic acids is 1. The summed E-state index contributed by atoms with van der Waals surface area (Å²) in [6.07, 6.45) is 4.38. The Morgan fingerprint density at radius 2 is 1.45 bits per heavy atom. The predicted molar refractivity (Wildman–Crippen MR) is 177 cm³/mol. The molecule has 1 aliphatic heterocycles. The van der Waals surface area contributed by atoms with Gasteiger partial charge >= 0.3 is 5.97 Å². The van der Waals surface area contributed by atoms with Crippen molar-refractivity contribution >= 4 is 44.5 Å². The van der Waals surface area contributed by atoms with Crippen LogP contribution in [-0.4, -0.2) is 29.0 Å². The normalized spacial score (nSPS) is 12.0. The van der Waals surface area contributed by atoms with Crippen LogP contribution in [0.25, 0.3) is 44.0 Å². The summed E-state index contributed by atoms with van der Waals surface area (Å²) in [7, 11) is 0. The lowest BCUT2D eigenvalue weighted by Gasteiger charge is -2.27. The maximum Gasteiger partial charge on any atom is 0.338 e. The molecule has 0 unspecified atom stereocenters. The molecular weight excluding hydrogens is 641 g/mol. The minimum atomic E-state index is -2.29. The van der Waals surface area contributed by atoms with E-state index in [9.17, 15) is 26.7 Å². The van der Waals surface area contributed by atoms with Gasteiger partial charge in [-0.25, -0.2) is 36.7 Å². The van der Waals surface area contributed by atoms with Gasteiger partial charge < -0.3 is 14.4 Å². The molecule has 0 spiro atoms. The van der Waals surface area contributed by atoms with E-state index in [0.717, 1.165) is 72.1 Å². The molecule has 1 aliphatic rings. The van der Waals surface area contributed by atoms with Gasteiger partial charge in [0.05, 0.1) is 33.2 Å². The second-order valence-corrected chi connectivity index (χ2v) is 12.0. The molecule has 0 amide bonds. The Bertz CT molecular complexity index is 2260. The number of hydrogen-bond donors (Lipinski definition) is 0. The topological polar surface area (TPSA) is 64.5 Å². The van der Waals surface area contributed by atoms with E-state index in [0.29, 0.717) is 27.8 Å². The number of rotatable bonds is 10. The van der Waals surface area contributed by atoms with Crippen LogP contribution >= 0.6 is 0 Å². The third-order valence-electron chi connectivity index (χ3n) is 8.81. The monoisotopic (exact) mass is 671 g/mol. The Labute approximate surface area is 278 Å². The van der Waals surface area contributed by atoms with Crippen molar-refractivity contribution in [1.82, 2.24) is 9.97 Å². The Morgan fingerprint density at radius 1 is 0.735 bits per heavy atom. The zero-order valence-corrected chi connectivity index (χ0v) is 26.7. The number of esters is 1. The van der Waals surface area contributed by atoms with E-state index in [1.807, 2.05) is 24.3 Å². The molecule has 0 bridgehead atoms. The van der Waals surface area contributed by atoms with Crippen LogP contribution in [0.15, 0.2) is 60.7 Å². The molecule has 6 aromatic rings. The van der Waals surface area contributed by atoms with Crippen LogP contribution in [0, 0.1) is 29.1 Å².